The third kappa shape index (κ3) is 2.84. The molecule has 0 saturated heterocycles. The minimum absolute atomic E-state index is 0.00150. The summed E-state index contributed by atoms with van der Waals surface area (Å²) in [6.45, 7) is 0. The maximum Gasteiger partial charge on any atom is 0.275 e. The highest BCUT2D eigenvalue weighted by Crippen LogP contribution is 2.20. The second-order valence-corrected chi connectivity index (χ2v) is 4.23. The molecule has 0 fully saturated rings. The van der Waals surface area contributed by atoms with Crippen LogP contribution in [0.25, 0.3) is 0 Å². The van der Waals surface area contributed by atoms with Gasteiger partial charge < -0.3 is 11.1 Å². The number of nitriles is 1. The van der Waals surface area contributed by atoms with Gasteiger partial charge in [0.05, 0.1) is 16.3 Å². The molecule has 0 radical (unpaired) electrons. The molecule has 0 aliphatic carbocycles. The lowest BCUT2D eigenvalue weighted by atomic mass is 10.2. The van der Waals surface area contributed by atoms with Crippen molar-refractivity contribution in [1.29, 1.82) is 5.26 Å². The largest absolute Gasteiger partial charge is 0.384 e. The highest BCUT2D eigenvalue weighted by Gasteiger charge is 2.15. The van der Waals surface area contributed by atoms with Crippen LogP contribution >= 0.6 is 11.6 Å². The molecular formula is C13H8ClFN4O. The quantitative estimate of drug-likeness (QED) is 0.889. The van der Waals surface area contributed by atoms with Crippen LogP contribution < -0.4 is 11.1 Å². The Balaban J connectivity index is 2.33. The Labute approximate surface area is 118 Å². The third-order valence-corrected chi connectivity index (χ3v) is 2.74. The van der Waals surface area contributed by atoms with Gasteiger partial charge in [0.1, 0.15) is 23.4 Å². The van der Waals surface area contributed by atoms with Gasteiger partial charge >= 0.3 is 0 Å². The maximum atomic E-state index is 13.0. The number of carbonyl (C=O) groups is 1. The zero-order valence-corrected chi connectivity index (χ0v) is 10.8. The molecule has 1 aromatic carbocycles. The Morgan fingerprint density at radius 1 is 1.40 bits per heavy atom. The zero-order valence-electron chi connectivity index (χ0n) is 10.0. The molecule has 2 rings (SSSR count). The van der Waals surface area contributed by atoms with Crippen LogP contribution in [0.5, 0.6) is 0 Å². The fourth-order valence-corrected chi connectivity index (χ4v) is 1.71. The minimum atomic E-state index is -0.634. The summed E-state index contributed by atoms with van der Waals surface area (Å²) in [7, 11) is 0. The summed E-state index contributed by atoms with van der Waals surface area (Å²) in [5, 5.41) is 11.5. The van der Waals surface area contributed by atoms with Crippen molar-refractivity contribution < 1.29 is 9.18 Å². The smallest absolute Gasteiger partial charge is 0.275 e. The predicted octanol–water partition coefficient (Wildman–Crippen LogP) is 2.58. The average Bonchev–Trinajstić information content (AvgIpc) is 2.43. The summed E-state index contributed by atoms with van der Waals surface area (Å²) in [6, 6.07) is 8.11. The van der Waals surface area contributed by atoms with Crippen molar-refractivity contribution in [3.8, 4) is 6.07 Å². The Morgan fingerprint density at radius 3 is 2.85 bits per heavy atom. The van der Waals surface area contributed by atoms with E-state index in [1.165, 1.54) is 18.2 Å². The topological polar surface area (TPSA) is 91.8 Å². The van der Waals surface area contributed by atoms with E-state index in [1.54, 1.807) is 6.07 Å². The molecule has 0 saturated carbocycles. The highest BCUT2D eigenvalue weighted by molar-refractivity contribution is 6.34. The molecule has 2 aromatic rings. The minimum Gasteiger partial charge on any atom is -0.384 e. The summed E-state index contributed by atoms with van der Waals surface area (Å²) in [6.07, 6.45) is 0. The first-order chi connectivity index (χ1) is 9.51. The lowest BCUT2D eigenvalue weighted by Crippen LogP contribution is -2.16. The highest BCUT2D eigenvalue weighted by atomic mass is 35.5. The molecule has 7 heteroatoms. The molecule has 1 heterocycles. The van der Waals surface area contributed by atoms with Gasteiger partial charge in [0.25, 0.3) is 5.91 Å². The van der Waals surface area contributed by atoms with Crippen molar-refractivity contribution >= 4 is 29.0 Å². The van der Waals surface area contributed by atoms with E-state index in [9.17, 15) is 9.18 Å². The maximum absolute atomic E-state index is 13.0. The average molecular weight is 291 g/mol. The lowest BCUT2D eigenvalue weighted by molar-refractivity contribution is 0.102. The van der Waals surface area contributed by atoms with Crippen LogP contribution in [0, 0.1) is 17.1 Å². The van der Waals surface area contributed by atoms with Crippen molar-refractivity contribution in [3.05, 3.63) is 52.4 Å². The number of halogens is 2. The summed E-state index contributed by atoms with van der Waals surface area (Å²) in [5.41, 5.74) is 5.58. The standard InChI is InChI=1S/C13H8ClFN4O/c14-9-2-4-11(17)19-12(9)13(20)18-10-3-1-8(15)5-7(10)6-16/h1-5H,(H2,17,19)(H,18,20). The van der Waals surface area contributed by atoms with Gasteiger partial charge in [-0.15, -0.1) is 0 Å². The van der Waals surface area contributed by atoms with E-state index in [1.807, 2.05) is 0 Å². The molecule has 20 heavy (non-hydrogen) atoms. The van der Waals surface area contributed by atoms with Gasteiger partial charge in [0.15, 0.2) is 0 Å². The van der Waals surface area contributed by atoms with E-state index in [2.05, 4.69) is 10.3 Å². The van der Waals surface area contributed by atoms with Crippen LogP contribution in [0.2, 0.25) is 5.02 Å². The van der Waals surface area contributed by atoms with Gasteiger partial charge in [-0.2, -0.15) is 5.26 Å². The normalized spacial score (nSPS) is 9.85. The van der Waals surface area contributed by atoms with Crippen molar-refractivity contribution in [2.75, 3.05) is 11.1 Å². The summed E-state index contributed by atoms with van der Waals surface area (Å²) < 4.78 is 13.0. The first kappa shape index (κ1) is 13.8. The fourth-order valence-electron chi connectivity index (χ4n) is 1.52. The van der Waals surface area contributed by atoms with Crippen LogP contribution in [0.1, 0.15) is 16.1 Å². The van der Waals surface area contributed by atoms with E-state index >= 15 is 0 Å². The van der Waals surface area contributed by atoms with E-state index in [0.717, 1.165) is 12.1 Å². The Kier molecular flexibility index (Phi) is 3.82. The number of carbonyl (C=O) groups excluding carboxylic acids is 1. The Morgan fingerprint density at radius 2 is 2.15 bits per heavy atom. The monoisotopic (exact) mass is 290 g/mol. The molecule has 0 aliphatic heterocycles. The predicted molar refractivity (Wildman–Crippen MR) is 72.7 cm³/mol. The Hall–Kier alpha value is -2.65. The van der Waals surface area contributed by atoms with Crippen molar-refractivity contribution in [1.82, 2.24) is 4.98 Å². The fraction of sp³-hybridized carbons (Fsp3) is 0. The zero-order chi connectivity index (χ0) is 14.7. The van der Waals surface area contributed by atoms with Crippen LogP contribution in [-0.2, 0) is 0 Å². The second kappa shape index (κ2) is 5.55. The number of aromatic nitrogens is 1. The van der Waals surface area contributed by atoms with Crippen LogP contribution in [0.3, 0.4) is 0 Å². The number of nitrogen functional groups attached to an aromatic ring is 1. The number of pyridine rings is 1. The van der Waals surface area contributed by atoms with Gasteiger partial charge in [0.2, 0.25) is 0 Å². The van der Waals surface area contributed by atoms with Crippen molar-refractivity contribution in [2.24, 2.45) is 0 Å². The number of nitrogens with two attached hydrogens (primary N) is 1. The van der Waals surface area contributed by atoms with Gasteiger partial charge in [0, 0.05) is 0 Å². The van der Waals surface area contributed by atoms with E-state index < -0.39 is 11.7 Å². The summed E-state index contributed by atoms with van der Waals surface area (Å²) >= 11 is 5.85. The molecule has 1 aromatic heterocycles. The molecule has 0 atom stereocenters. The number of nitrogens with one attached hydrogen (secondary N) is 1. The molecule has 100 valence electrons. The number of anilines is 2. The number of nitrogens with zero attached hydrogens (tertiary/aromatic N) is 2. The molecule has 1 amide bonds. The number of amides is 1. The van der Waals surface area contributed by atoms with Crippen molar-refractivity contribution in [3.63, 3.8) is 0 Å². The first-order valence-corrected chi connectivity index (χ1v) is 5.82. The summed E-state index contributed by atoms with van der Waals surface area (Å²) in [5.74, 6) is -1.07. The molecule has 0 unspecified atom stereocenters. The van der Waals surface area contributed by atoms with E-state index in [4.69, 9.17) is 22.6 Å². The summed E-state index contributed by atoms with van der Waals surface area (Å²) in [4.78, 5) is 15.8. The van der Waals surface area contributed by atoms with Crippen LogP contribution in [0.4, 0.5) is 15.9 Å². The van der Waals surface area contributed by atoms with E-state index in [0.29, 0.717) is 0 Å². The number of hydrogen-bond donors (Lipinski definition) is 2. The van der Waals surface area contributed by atoms with E-state index in [-0.39, 0.29) is 27.8 Å². The molecule has 5 nitrogen and oxygen atoms in total. The van der Waals surface area contributed by atoms with Crippen LogP contribution in [-0.4, -0.2) is 10.9 Å². The lowest BCUT2D eigenvalue weighted by Gasteiger charge is -2.08. The Bertz CT molecular complexity index is 727. The molecule has 0 aliphatic rings. The molecular weight excluding hydrogens is 283 g/mol. The molecule has 3 N–H and O–H groups in total. The van der Waals surface area contributed by atoms with Gasteiger partial charge in [-0.05, 0) is 30.3 Å². The van der Waals surface area contributed by atoms with Gasteiger partial charge in [-0.3, -0.25) is 4.79 Å². The number of hydrogen-bond acceptors (Lipinski definition) is 4. The second-order valence-electron chi connectivity index (χ2n) is 3.82. The van der Waals surface area contributed by atoms with Gasteiger partial charge in [-0.25, -0.2) is 9.37 Å². The third-order valence-electron chi connectivity index (χ3n) is 2.43. The SMILES string of the molecule is N#Cc1cc(F)ccc1NC(=O)c1nc(N)ccc1Cl. The number of benzene rings is 1. The molecule has 0 spiro atoms. The first-order valence-electron chi connectivity index (χ1n) is 5.44. The molecule has 0 bridgehead atoms. The number of rotatable bonds is 2. The van der Waals surface area contributed by atoms with Crippen LogP contribution in [0.15, 0.2) is 30.3 Å². The van der Waals surface area contributed by atoms with Crippen molar-refractivity contribution in [2.45, 2.75) is 0 Å². The van der Waals surface area contributed by atoms with Gasteiger partial charge in [-0.1, -0.05) is 11.6 Å².